The predicted octanol–water partition coefficient (Wildman–Crippen LogP) is 4.45. The smallest absolute Gasteiger partial charge is 0.208 e. The third kappa shape index (κ3) is 4.60. The van der Waals surface area contributed by atoms with E-state index in [1.54, 1.807) is 35.6 Å². The third-order valence-electron chi connectivity index (χ3n) is 4.55. The van der Waals surface area contributed by atoms with Gasteiger partial charge in [0.15, 0.2) is 0 Å². The second kappa shape index (κ2) is 8.00. The van der Waals surface area contributed by atoms with Crippen molar-refractivity contribution in [3.8, 4) is 5.75 Å². The van der Waals surface area contributed by atoms with Gasteiger partial charge in [0.1, 0.15) is 28.5 Å². The van der Waals surface area contributed by atoms with Crippen molar-refractivity contribution in [3.05, 3.63) is 70.7 Å². The van der Waals surface area contributed by atoms with Crippen LogP contribution < -0.4 is 9.64 Å². The van der Waals surface area contributed by atoms with Gasteiger partial charge in [-0.1, -0.05) is 23.5 Å². The van der Waals surface area contributed by atoms with E-state index in [2.05, 4.69) is 15.1 Å². The lowest BCUT2D eigenvalue weighted by molar-refractivity contribution is 0.170. The first kappa shape index (κ1) is 17.9. The van der Waals surface area contributed by atoms with E-state index in [4.69, 9.17) is 4.74 Å². The summed E-state index contributed by atoms with van der Waals surface area (Å²) in [7, 11) is 0. The van der Waals surface area contributed by atoms with Crippen LogP contribution in [0.5, 0.6) is 5.75 Å². The molecule has 4 nitrogen and oxygen atoms in total. The van der Waals surface area contributed by atoms with Gasteiger partial charge in [-0.2, -0.15) is 0 Å². The average molecular weight is 387 g/mol. The molecule has 0 spiro atoms. The number of hydrogen-bond donors (Lipinski definition) is 0. The van der Waals surface area contributed by atoms with Crippen LogP contribution in [-0.2, 0) is 6.42 Å². The summed E-state index contributed by atoms with van der Waals surface area (Å²) in [6.07, 6.45) is 2.54. The summed E-state index contributed by atoms with van der Waals surface area (Å²) in [5.41, 5.74) is 1.02. The molecule has 1 aliphatic heterocycles. The number of benzene rings is 2. The number of hydrogen-bond acceptors (Lipinski definition) is 5. The van der Waals surface area contributed by atoms with Crippen LogP contribution in [0.3, 0.4) is 0 Å². The minimum atomic E-state index is -0.259. The van der Waals surface area contributed by atoms with E-state index in [1.165, 1.54) is 24.3 Å². The Morgan fingerprint density at radius 2 is 1.56 bits per heavy atom. The summed E-state index contributed by atoms with van der Waals surface area (Å²) in [5, 5.41) is 10.4. The van der Waals surface area contributed by atoms with Gasteiger partial charge in [-0.25, -0.2) is 8.78 Å². The molecular weight excluding hydrogens is 368 g/mol. The van der Waals surface area contributed by atoms with Gasteiger partial charge in [-0.15, -0.1) is 10.2 Å². The second-order valence-corrected chi connectivity index (χ2v) is 7.58. The standard InChI is InChI=1S/C20H19F2N3OS/c21-15-3-1-14(2-4-15)13-19-23-24-20(27-19)25-11-9-18(10-12-25)26-17-7-5-16(22)6-8-17/h1-8,18H,9-13H2. The number of ether oxygens (including phenoxy) is 1. The highest BCUT2D eigenvalue weighted by molar-refractivity contribution is 7.15. The van der Waals surface area contributed by atoms with Crippen molar-refractivity contribution in [2.45, 2.75) is 25.4 Å². The van der Waals surface area contributed by atoms with Crippen LogP contribution >= 0.6 is 11.3 Å². The Balaban J connectivity index is 1.31. The molecule has 0 bridgehead atoms. The first-order valence-corrected chi connectivity index (χ1v) is 9.71. The number of piperidine rings is 1. The Hall–Kier alpha value is -2.54. The zero-order valence-electron chi connectivity index (χ0n) is 14.6. The molecule has 0 atom stereocenters. The fraction of sp³-hybridized carbons (Fsp3) is 0.300. The predicted molar refractivity (Wildman–Crippen MR) is 101 cm³/mol. The Kier molecular flexibility index (Phi) is 5.29. The van der Waals surface area contributed by atoms with Crippen molar-refractivity contribution < 1.29 is 13.5 Å². The maximum atomic E-state index is 13.0. The molecule has 0 unspecified atom stereocenters. The van der Waals surface area contributed by atoms with Crippen molar-refractivity contribution in [2.24, 2.45) is 0 Å². The normalized spacial score (nSPS) is 15.1. The quantitative estimate of drug-likeness (QED) is 0.648. The molecule has 2 heterocycles. The van der Waals surface area contributed by atoms with Gasteiger partial charge in [-0.3, -0.25) is 0 Å². The summed E-state index contributed by atoms with van der Waals surface area (Å²) in [4.78, 5) is 2.22. The molecule has 0 saturated carbocycles. The van der Waals surface area contributed by atoms with Crippen LogP contribution in [0.2, 0.25) is 0 Å². The lowest BCUT2D eigenvalue weighted by atomic mass is 10.1. The number of anilines is 1. The van der Waals surface area contributed by atoms with E-state index in [0.29, 0.717) is 12.2 Å². The SMILES string of the molecule is Fc1ccc(Cc2nnc(N3CCC(Oc4ccc(F)cc4)CC3)s2)cc1. The fourth-order valence-electron chi connectivity index (χ4n) is 3.09. The van der Waals surface area contributed by atoms with Gasteiger partial charge in [0.25, 0.3) is 0 Å². The van der Waals surface area contributed by atoms with E-state index in [-0.39, 0.29) is 17.7 Å². The Morgan fingerprint density at radius 1 is 0.926 bits per heavy atom. The average Bonchev–Trinajstić information content (AvgIpc) is 3.15. The molecule has 0 aliphatic carbocycles. The van der Waals surface area contributed by atoms with Crippen LogP contribution in [0.15, 0.2) is 48.5 Å². The molecule has 1 saturated heterocycles. The van der Waals surface area contributed by atoms with Crippen LogP contribution in [-0.4, -0.2) is 29.4 Å². The minimum Gasteiger partial charge on any atom is -0.490 e. The highest BCUT2D eigenvalue weighted by Gasteiger charge is 2.23. The molecule has 27 heavy (non-hydrogen) atoms. The molecule has 7 heteroatoms. The van der Waals surface area contributed by atoms with Gasteiger partial charge in [-0.05, 0) is 42.0 Å². The van der Waals surface area contributed by atoms with E-state index in [9.17, 15) is 8.78 Å². The first-order chi connectivity index (χ1) is 13.2. The van der Waals surface area contributed by atoms with Crippen molar-refractivity contribution in [1.82, 2.24) is 10.2 Å². The maximum absolute atomic E-state index is 13.0. The number of nitrogens with zero attached hydrogens (tertiary/aromatic N) is 3. The fourth-order valence-corrected chi connectivity index (χ4v) is 4.02. The van der Waals surface area contributed by atoms with Crippen LogP contribution in [0.4, 0.5) is 13.9 Å². The largest absolute Gasteiger partial charge is 0.490 e. The molecule has 0 radical (unpaired) electrons. The summed E-state index contributed by atoms with van der Waals surface area (Å²) in [5.74, 6) is 0.208. The topological polar surface area (TPSA) is 38.2 Å². The molecule has 4 rings (SSSR count). The number of rotatable bonds is 5. The van der Waals surface area contributed by atoms with Gasteiger partial charge in [0.05, 0.1) is 0 Å². The lowest BCUT2D eigenvalue weighted by Crippen LogP contribution is -2.38. The van der Waals surface area contributed by atoms with Gasteiger partial charge < -0.3 is 9.64 Å². The van der Waals surface area contributed by atoms with Gasteiger partial charge in [0, 0.05) is 32.4 Å². The third-order valence-corrected chi connectivity index (χ3v) is 5.54. The second-order valence-electron chi connectivity index (χ2n) is 6.54. The zero-order chi connectivity index (χ0) is 18.6. The van der Waals surface area contributed by atoms with E-state index in [0.717, 1.165) is 41.6 Å². The minimum absolute atomic E-state index is 0.123. The summed E-state index contributed by atoms with van der Waals surface area (Å²) in [6.45, 7) is 1.69. The molecule has 1 fully saturated rings. The van der Waals surface area contributed by atoms with Crippen LogP contribution in [0, 0.1) is 11.6 Å². The summed E-state index contributed by atoms with van der Waals surface area (Å²) in [6, 6.07) is 12.6. The first-order valence-electron chi connectivity index (χ1n) is 8.90. The molecule has 0 N–H and O–H groups in total. The molecule has 140 valence electrons. The number of halogens is 2. The van der Waals surface area contributed by atoms with Crippen LogP contribution in [0.1, 0.15) is 23.4 Å². The highest BCUT2D eigenvalue weighted by Crippen LogP contribution is 2.27. The molecular formula is C20H19F2N3OS. The maximum Gasteiger partial charge on any atom is 0.208 e. The van der Waals surface area contributed by atoms with Crippen molar-refractivity contribution in [2.75, 3.05) is 18.0 Å². The van der Waals surface area contributed by atoms with E-state index >= 15 is 0 Å². The zero-order valence-corrected chi connectivity index (χ0v) is 15.5. The van der Waals surface area contributed by atoms with E-state index in [1.807, 2.05) is 0 Å². The Labute approximate surface area is 160 Å². The summed E-state index contributed by atoms with van der Waals surface area (Å²) >= 11 is 1.57. The molecule has 2 aromatic carbocycles. The molecule has 1 aliphatic rings. The monoisotopic (exact) mass is 387 g/mol. The van der Waals surface area contributed by atoms with Gasteiger partial charge in [0.2, 0.25) is 5.13 Å². The lowest BCUT2D eigenvalue weighted by Gasteiger charge is -2.31. The summed E-state index contributed by atoms with van der Waals surface area (Å²) < 4.78 is 31.9. The Bertz CT molecular complexity index is 875. The molecule has 1 aromatic heterocycles. The number of aromatic nitrogens is 2. The molecule has 0 amide bonds. The van der Waals surface area contributed by atoms with E-state index < -0.39 is 0 Å². The molecule has 3 aromatic rings. The van der Waals surface area contributed by atoms with Crippen molar-refractivity contribution >= 4 is 16.5 Å². The highest BCUT2D eigenvalue weighted by atomic mass is 32.1. The van der Waals surface area contributed by atoms with Crippen molar-refractivity contribution in [3.63, 3.8) is 0 Å². The van der Waals surface area contributed by atoms with Gasteiger partial charge >= 0.3 is 0 Å². The Morgan fingerprint density at radius 3 is 2.22 bits per heavy atom. The van der Waals surface area contributed by atoms with Crippen molar-refractivity contribution in [1.29, 1.82) is 0 Å². The van der Waals surface area contributed by atoms with Crippen LogP contribution in [0.25, 0.3) is 0 Å².